The Balaban J connectivity index is 2.33. The summed E-state index contributed by atoms with van der Waals surface area (Å²) in [4.78, 5) is 7.93. The second kappa shape index (κ2) is 4.39. The van der Waals surface area contributed by atoms with Gasteiger partial charge in [-0.15, -0.1) is 0 Å². The summed E-state index contributed by atoms with van der Waals surface area (Å²) in [5.74, 6) is 0.621. The first-order chi connectivity index (χ1) is 7.56. The van der Waals surface area contributed by atoms with Gasteiger partial charge in [-0.2, -0.15) is 10.1 Å². The highest BCUT2D eigenvalue weighted by molar-refractivity contribution is 9.10. The number of aryl methyl sites for hydroxylation is 2. The minimum absolute atomic E-state index is 0.201. The largest absolute Gasteiger partial charge is 0.336 e. The molecule has 0 bridgehead atoms. The van der Waals surface area contributed by atoms with Gasteiger partial charge in [-0.25, -0.2) is 4.98 Å². The molecule has 0 aliphatic rings. The molecule has 0 unspecified atom stereocenters. The quantitative estimate of drug-likeness (QED) is 0.867. The van der Waals surface area contributed by atoms with Crippen LogP contribution in [0.25, 0.3) is 0 Å². The van der Waals surface area contributed by atoms with Gasteiger partial charge in [0.15, 0.2) is 0 Å². The number of aromatic nitrogens is 4. The zero-order valence-electron chi connectivity index (χ0n) is 8.70. The van der Waals surface area contributed by atoms with E-state index in [0.29, 0.717) is 5.82 Å². The molecule has 2 aromatic heterocycles. The van der Waals surface area contributed by atoms with Gasteiger partial charge < -0.3 is 5.32 Å². The SMILES string of the molecule is Cc1nn(C)cc1Nc1nc(Cl)ncc1Br. The van der Waals surface area contributed by atoms with Crippen LogP contribution in [-0.2, 0) is 7.05 Å². The number of nitrogens with zero attached hydrogens (tertiary/aromatic N) is 4. The Bertz CT molecular complexity index is 525. The summed E-state index contributed by atoms with van der Waals surface area (Å²) in [5, 5.41) is 7.56. The standard InChI is InChI=1S/C9H9BrClN5/c1-5-7(4-16(2)15-5)13-8-6(10)3-12-9(11)14-8/h3-4H,1-2H3,(H,12,13,14). The number of halogens is 2. The predicted molar refractivity (Wildman–Crippen MR) is 66.0 cm³/mol. The molecule has 1 N–H and O–H groups in total. The van der Waals surface area contributed by atoms with Crippen molar-refractivity contribution in [2.24, 2.45) is 7.05 Å². The van der Waals surface area contributed by atoms with Gasteiger partial charge in [0, 0.05) is 19.4 Å². The van der Waals surface area contributed by atoms with Gasteiger partial charge in [0.1, 0.15) is 5.82 Å². The summed E-state index contributed by atoms with van der Waals surface area (Å²) in [5.41, 5.74) is 1.78. The summed E-state index contributed by atoms with van der Waals surface area (Å²) in [7, 11) is 1.86. The van der Waals surface area contributed by atoms with E-state index in [0.717, 1.165) is 15.9 Å². The molecule has 0 amide bonds. The third kappa shape index (κ3) is 2.33. The zero-order valence-corrected chi connectivity index (χ0v) is 11.0. The fraction of sp³-hybridized carbons (Fsp3) is 0.222. The van der Waals surface area contributed by atoms with Crippen LogP contribution in [0.15, 0.2) is 16.9 Å². The van der Waals surface area contributed by atoms with E-state index in [9.17, 15) is 0 Å². The van der Waals surface area contributed by atoms with Crippen molar-refractivity contribution in [3.05, 3.63) is 27.8 Å². The summed E-state index contributed by atoms with van der Waals surface area (Å²) in [6, 6.07) is 0. The van der Waals surface area contributed by atoms with Crippen molar-refractivity contribution in [3.63, 3.8) is 0 Å². The average Bonchev–Trinajstić information content (AvgIpc) is 2.51. The van der Waals surface area contributed by atoms with Crippen LogP contribution < -0.4 is 5.32 Å². The van der Waals surface area contributed by atoms with Crippen LogP contribution in [0, 0.1) is 6.92 Å². The maximum Gasteiger partial charge on any atom is 0.224 e. The maximum atomic E-state index is 5.72. The van der Waals surface area contributed by atoms with E-state index in [2.05, 4.69) is 36.3 Å². The molecule has 2 heterocycles. The number of anilines is 2. The Morgan fingerprint density at radius 2 is 2.25 bits per heavy atom. The Morgan fingerprint density at radius 3 is 2.88 bits per heavy atom. The predicted octanol–water partition coefficient (Wildman–Crippen LogP) is 2.68. The lowest BCUT2D eigenvalue weighted by molar-refractivity contribution is 0.756. The van der Waals surface area contributed by atoms with E-state index in [1.165, 1.54) is 0 Å². The van der Waals surface area contributed by atoms with Crippen LogP contribution in [0.4, 0.5) is 11.5 Å². The zero-order chi connectivity index (χ0) is 11.7. The first kappa shape index (κ1) is 11.3. The fourth-order valence-corrected chi connectivity index (χ4v) is 1.71. The van der Waals surface area contributed by atoms with Crippen molar-refractivity contribution in [2.75, 3.05) is 5.32 Å². The molecule has 0 aromatic carbocycles. The molecule has 7 heteroatoms. The Labute approximate surface area is 106 Å². The molecule has 2 rings (SSSR count). The second-order valence-electron chi connectivity index (χ2n) is 3.26. The smallest absolute Gasteiger partial charge is 0.224 e. The summed E-state index contributed by atoms with van der Waals surface area (Å²) < 4.78 is 2.48. The van der Waals surface area contributed by atoms with Crippen LogP contribution in [-0.4, -0.2) is 19.7 Å². The number of hydrogen-bond acceptors (Lipinski definition) is 4. The Morgan fingerprint density at radius 1 is 1.50 bits per heavy atom. The summed E-state index contributed by atoms with van der Waals surface area (Å²) in [6.45, 7) is 1.92. The summed E-state index contributed by atoms with van der Waals surface area (Å²) in [6.07, 6.45) is 3.47. The number of nitrogens with one attached hydrogen (secondary N) is 1. The van der Waals surface area contributed by atoms with Crippen LogP contribution in [0.3, 0.4) is 0 Å². The molecule has 0 aliphatic heterocycles. The number of rotatable bonds is 2. The molecule has 16 heavy (non-hydrogen) atoms. The first-order valence-corrected chi connectivity index (χ1v) is 5.68. The van der Waals surface area contributed by atoms with Crippen molar-refractivity contribution in [3.8, 4) is 0 Å². The topological polar surface area (TPSA) is 55.6 Å². The van der Waals surface area contributed by atoms with Gasteiger partial charge in [0.25, 0.3) is 0 Å². The van der Waals surface area contributed by atoms with Gasteiger partial charge in [-0.3, -0.25) is 4.68 Å². The number of hydrogen-bond donors (Lipinski definition) is 1. The Hall–Kier alpha value is -1.14. The normalized spacial score (nSPS) is 10.5. The molecule has 0 radical (unpaired) electrons. The van der Waals surface area contributed by atoms with E-state index in [4.69, 9.17) is 11.6 Å². The molecule has 0 fully saturated rings. The van der Waals surface area contributed by atoms with E-state index in [1.807, 2.05) is 20.2 Å². The highest BCUT2D eigenvalue weighted by atomic mass is 79.9. The minimum Gasteiger partial charge on any atom is -0.336 e. The highest BCUT2D eigenvalue weighted by Crippen LogP contribution is 2.25. The molecular weight excluding hydrogens is 293 g/mol. The van der Waals surface area contributed by atoms with Gasteiger partial charge in [-0.05, 0) is 34.5 Å². The van der Waals surface area contributed by atoms with Gasteiger partial charge >= 0.3 is 0 Å². The van der Waals surface area contributed by atoms with Crippen molar-refractivity contribution >= 4 is 39.0 Å². The molecule has 0 atom stereocenters. The van der Waals surface area contributed by atoms with Crippen molar-refractivity contribution in [1.29, 1.82) is 0 Å². The lowest BCUT2D eigenvalue weighted by Crippen LogP contribution is -1.96. The monoisotopic (exact) mass is 301 g/mol. The third-order valence-electron chi connectivity index (χ3n) is 1.98. The van der Waals surface area contributed by atoms with Crippen molar-refractivity contribution in [1.82, 2.24) is 19.7 Å². The van der Waals surface area contributed by atoms with E-state index < -0.39 is 0 Å². The maximum absolute atomic E-state index is 5.72. The van der Waals surface area contributed by atoms with E-state index in [-0.39, 0.29) is 5.28 Å². The van der Waals surface area contributed by atoms with E-state index >= 15 is 0 Å². The lowest BCUT2D eigenvalue weighted by Gasteiger charge is -2.05. The highest BCUT2D eigenvalue weighted by Gasteiger charge is 2.08. The minimum atomic E-state index is 0.201. The average molecular weight is 303 g/mol. The molecule has 0 saturated carbocycles. The fourth-order valence-electron chi connectivity index (χ4n) is 1.28. The van der Waals surface area contributed by atoms with Gasteiger partial charge in [-0.1, -0.05) is 0 Å². The lowest BCUT2D eigenvalue weighted by atomic mass is 10.4. The van der Waals surface area contributed by atoms with Crippen LogP contribution in [0.1, 0.15) is 5.69 Å². The van der Waals surface area contributed by atoms with Gasteiger partial charge in [0.05, 0.1) is 15.9 Å². The van der Waals surface area contributed by atoms with Crippen LogP contribution in [0.2, 0.25) is 5.28 Å². The molecule has 0 saturated heterocycles. The van der Waals surface area contributed by atoms with Crippen LogP contribution in [0.5, 0.6) is 0 Å². The first-order valence-electron chi connectivity index (χ1n) is 4.51. The molecule has 0 aliphatic carbocycles. The van der Waals surface area contributed by atoms with E-state index in [1.54, 1.807) is 10.9 Å². The van der Waals surface area contributed by atoms with Crippen LogP contribution >= 0.6 is 27.5 Å². The van der Waals surface area contributed by atoms with Crippen molar-refractivity contribution in [2.45, 2.75) is 6.92 Å². The molecule has 2 aromatic rings. The third-order valence-corrected chi connectivity index (χ3v) is 2.74. The molecule has 84 valence electrons. The molecule has 0 spiro atoms. The van der Waals surface area contributed by atoms with Gasteiger partial charge in [0.2, 0.25) is 5.28 Å². The molecule has 5 nitrogen and oxygen atoms in total. The Kier molecular flexibility index (Phi) is 3.11. The summed E-state index contributed by atoms with van der Waals surface area (Å²) >= 11 is 9.07. The van der Waals surface area contributed by atoms with Crippen molar-refractivity contribution < 1.29 is 0 Å². The second-order valence-corrected chi connectivity index (χ2v) is 4.45. The molecular formula is C9H9BrClN5.